The van der Waals surface area contributed by atoms with E-state index in [4.69, 9.17) is 11.6 Å². The van der Waals surface area contributed by atoms with Gasteiger partial charge in [0.15, 0.2) is 0 Å². The van der Waals surface area contributed by atoms with Gasteiger partial charge in [0.2, 0.25) is 0 Å². The topological polar surface area (TPSA) is 62.0 Å². The SMILES string of the molecule is C=C/C=C\C=C\C=O.CC.CCNC(=O)c1cc2sc(Cl)cc2[nH]1. The summed E-state index contributed by atoms with van der Waals surface area (Å²) < 4.78 is 1.74. The minimum atomic E-state index is -0.0768. The van der Waals surface area contributed by atoms with Gasteiger partial charge in [-0.3, -0.25) is 9.59 Å². The van der Waals surface area contributed by atoms with Crippen molar-refractivity contribution in [3.05, 3.63) is 59.1 Å². The van der Waals surface area contributed by atoms with Gasteiger partial charge < -0.3 is 10.3 Å². The fraction of sp³-hybridized carbons (Fsp3) is 0.222. The molecule has 2 heterocycles. The van der Waals surface area contributed by atoms with Crippen LogP contribution in [0.5, 0.6) is 0 Å². The zero-order valence-electron chi connectivity index (χ0n) is 14.1. The van der Waals surface area contributed by atoms with Gasteiger partial charge in [0.25, 0.3) is 5.91 Å². The summed E-state index contributed by atoms with van der Waals surface area (Å²) >= 11 is 7.28. The molecule has 0 aliphatic carbocycles. The number of carbonyl (C=O) groups excluding carboxylic acids is 2. The lowest BCUT2D eigenvalue weighted by atomic mass is 10.4. The number of H-pyrrole nitrogens is 1. The second kappa shape index (κ2) is 13.3. The maximum atomic E-state index is 11.4. The fourth-order valence-corrected chi connectivity index (χ4v) is 2.66. The Kier molecular flexibility index (Phi) is 12.2. The van der Waals surface area contributed by atoms with Crippen molar-refractivity contribution >= 4 is 45.3 Å². The monoisotopic (exact) mass is 366 g/mol. The maximum Gasteiger partial charge on any atom is 0.267 e. The van der Waals surface area contributed by atoms with Gasteiger partial charge in [-0.25, -0.2) is 0 Å². The molecule has 2 aromatic rings. The van der Waals surface area contributed by atoms with Crippen LogP contribution >= 0.6 is 22.9 Å². The summed E-state index contributed by atoms with van der Waals surface area (Å²) in [6.07, 6.45) is 8.93. The van der Waals surface area contributed by atoms with Crippen LogP contribution in [0.15, 0.2) is 49.1 Å². The maximum absolute atomic E-state index is 11.4. The number of thiophene rings is 1. The number of carbonyl (C=O) groups is 2. The zero-order valence-corrected chi connectivity index (χ0v) is 15.7. The highest BCUT2D eigenvalue weighted by Gasteiger charge is 2.09. The van der Waals surface area contributed by atoms with Crippen LogP contribution in [-0.4, -0.2) is 23.7 Å². The molecule has 1 amide bonds. The third kappa shape index (κ3) is 7.94. The molecular weight excluding hydrogens is 344 g/mol. The van der Waals surface area contributed by atoms with Gasteiger partial charge in [-0.2, -0.15) is 0 Å². The van der Waals surface area contributed by atoms with Gasteiger partial charge in [-0.1, -0.05) is 56.3 Å². The minimum absolute atomic E-state index is 0.0768. The van der Waals surface area contributed by atoms with Gasteiger partial charge in [0, 0.05) is 6.54 Å². The first-order valence-electron chi connectivity index (χ1n) is 7.58. The Morgan fingerprint density at radius 2 is 1.96 bits per heavy atom. The van der Waals surface area contributed by atoms with Crippen molar-refractivity contribution in [3.63, 3.8) is 0 Å². The number of hydrogen-bond acceptors (Lipinski definition) is 3. The highest BCUT2D eigenvalue weighted by molar-refractivity contribution is 7.22. The molecule has 4 nitrogen and oxygen atoms in total. The van der Waals surface area contributed by atoms with Crippen molar-refractivity contribution in [1.29, 1.82) is 0 Å². The Balaban J connectivity index is 0.000000456. The molecule has 24 heavy (non-hydrogen) atoms. The molecule has 0 saturated heterocycles. The molecular formula is C18H23ClN2O2S. The third-order valence-electron chi connectivity index (χ3n) is 2.41. The average Bonchev–Trinajstić information content (AvgIpc) is 3.12. The highest BCUT2D eigenvalue weighted by atomic mass is 35.5. The number of aromatic nitrogens is 1. The number of aldehydes is 1. The second-order valence-corrected chi connectivity index (χ2v) is 5.73. The molecule has 0 radical (unpaired) electrons. The molecule has 2 aromatic heterocycles. The van der Waals surface area contributed by atoms with E-state index in [2.05, 4.69) is 16.9 Å². The van der Waals surface area contributed by atoms with Crippen LogP contribution in [0.2, 0.25) is 4.34 Å². The molecule has 130 valence electrons. The summed E-state index contributed by atoms with van der Waals surface area (Å²) in [5.74, 6) is -0.0768. The first-order valence-corrected chi connectivity index (χ1v) is 8.77. The van der Waals surface area contributed by atoms with E-state index in [1.165, 1.54) is 17.4 Å². The van der Waals surface area contributed by atoms with Crippen LogP contribution in [0.25, 0.3) is 10.2 Å². The van der Waals surface area contributed by atoms with Crippen LogP contribution < -0.4 is 5.32 Å². The number of aromatic amines is 1. The van der Waals surface area contributed by atoms with E-state index in [1.807, 2.05) is 32.9 Å². The smallest absolute Gasteiger partial charge is 0.267 e. The number of nitrogens with one attached hydrogen (secondary N) is 2. The predicted molar refractivity (Wildman–Crippen MR) is 105 cm³/mol. The number of fused-ring (bicyclic) bond motifs is 1. The van der Waals surface area contributed by atoms with Gasteiger partial charge >= 0.3 is 0 Å². The fourth-order valence-electron chi connectivity index (χ4n) is 1.52. The van der Waals surface area contributed by atoms with Crippen molar-refractivity contribution in [2.45, 2.75) is 20.8 Å². The lowest BCUT2D eigenvalue weighted by molar-refractivity contribution is -0.104. The molecule has 0 aliphatic heterocycles. The molecule has 2 N–H and O–H groups in total. The van der Waals surface area contributed by atoms with Crippen LogP contribution in [0.3, 0.4) is 0 Å². The van der Waals surface area contributed by atoms with Crippen molar-refractivity contribution < 1.29 is 9.59 Å². The summed E-state index contributed by atoms with van der Waals surface area (Å²) in [7, 11) is 0. The first kappa shape index (κ1) is 21.9. The van der Waals surface area contributed by atoms with Crippen LogP contribution in [0.4, 0.5) is 0 Å². The number of halogens is 1. The molecule has 0 fully saturated rings. The Morgan fingerprint density at radius 1 is 1.29 bits per heavy atom. The Bertz CT molecular complexity index is 652. The summed E-state index contributed by atoms with van der Waals surface area (Å²) in [5, 5.41) is 2.73. The van der Waals surface area contributed by atoms with Gasteiger partial charge in [0.05, 0.1) is 14.6 Å². The van der Waals surface area contributed by atoms with E-state index < -0.39 is 0 Å². The summed E-state index contributed by atoms with van der Waals surface area (Å²) in [6.45, 7) is 9.97. The molecule has 0 unspecified atom stereocenters. The largest absolute Gasteiger partial charge is 0.351 e. The quantitative estimate of drug-likeness (QED) is 0.437. The normalized spacial score (nSPS) is 10.0. The Labute approximate surface area is 151 Å². The molecule has 0 saturated carbocycles. The Hall–Kier alpha value is -2.11. The average molecular weight is 367 g/mol. The van der Waals surface area contributed by atoms with E-state index in [0.717, 1.165) is 20.8 Å². The van der Waals surface area contributed by atoms with E-state index >= 15 is 0 Å². The van der Waals surface area contributed by atoms with Crippen LogP contribution in [0.1, 0.15) is 31.3 Å². The summed E-state index contributed by atoms with van der Waals surface area (Å²) in [4.78, 5) is 24.1. The lowest BCUT2D eigenvalue weighted by Crippen LogP contribution is -2.22. The molecule has 0 spiro atoms. The third-order valence-corrected chi connectivity index (χ3v) is 3.62. The summed E-state index contributed by atoms with van der Waals surface area (Å²) in [6, 6.07) is 3.64. The van der Waals surface area contributed by atoms with Crippen molar-refractivity contribution in [3.8, 4) is 0 Å². The molecule has 0 bridgehead atoms. The van der Waals surface area contributed by atoms with Crippen molar-refractivity contribution in [1.82, 2.24) is 10.3 Å². The van der Waals surface area contributed by atoms with Crippen molar-refractivity contribution in [2.24, 2.45) is 0 Å². The van der Waals surface area contributed by atoms with Gasteiger partial charge in [-0.15, -0.1) is 11.3 Å². The molecule has 0 aromatic carbocycles. The van der Waals surface area contributed by atoms with E-state index in [0.29, 0.717) is 12.2 Å². The number of rotatable bonds is 5. The lowest BCUT2D eigenvalue weighted by Gasteiger charge is -1.97. The Morgan fingerprint density at radius 3 is 2.50 bits per heavy atom. The second-order valence-electron chi connectivity index (χ2n) is 4.01. The number of hydrogen-bond donors (Lipinski definition) is 2. The van der Waals surface area contributed by atoms with E-state index in [9.17, 15) is 9.59 Å². The number of amides is 1. The summed E-state index contributed by atoms with van der Waals surface area (Å²) in [5.41, 5.74) is 1.51. The highest BCUT2D eigenvalue weighted by Crippen LogP contribution is 2.29. The zero-order chi connectivity index (χ0) is 18.4. The van der Waals surface area contributed by atoms with Gasteiger partial charge in [-0.05, 0) is 25.1 Å². The van der Waals surface area contributed by atoms with Gasteiger partial charge in [0.1, 0.15) is 12.0 Å². The van der Waals surface area contributed by atoms with Crippen LogP contribution in [0, 0.1) is 0 Å². The molecule has 0 atom stereocenters. The predicted octanol–water partition coefficient (Wildman–Crippen LogP) is 5.14. The standard InChI is InChI=1S/C9H9ClN2OS.C7H8O.C2H6/c1-2-11-9(13)6-3-7-5(12-6)4-8(10)14-7;1-2-3-4-5-6-7-8;1-2/h3-4,12H,2H2,1H3,(H,11,13);2-7H,1H2;1-2H3/b;4-3-,6-5+;. The van der Waals surface area contributed by atoms with Crippen molar-refractivity contribution in [2.75, 3.05) is 6.54 Å². The van der Waals surface area contributed by atoms with Crippen LogP contribution in [-0.2, 0) is 4.79 Å². The molecule has 2 rings (SSSR count). The molecule has 6 heteroatoms. The molecule has 0 aliphatic rings. The minimum Gasteiger partial charge on any atom is -0.351 e. The number of allylic oxidation sites excluding steroid dienone is 5. The van der Waals surface area contributed by atoms with E-state index in [-0.39, 0.29) is 5.91 Å². The first-order chi connectivity index (χ1) is 11.6. The van der Waals surface area contributed by atoms with E-state index in [1.54, 1.807) is 24.3 Å².